The third kappa shape index (κ3) is 4.09. The van der Waals surface area contributed by atoms with Gasteiger partial charge in [-0.1, -0.05) is 0 Å². The summed E-state index contributed by atoms with van der Waals surface area (Å²) in [6.07, 6.45) is 1.82. The lowest BCUT2D eigenvalue weighted by Crippen LogP contribution is -2.07. The monoisotopic (exact) mass is 407 g/mol. The molecule has 0 saturated heterocycles. The molecule has 0 bridgehead atoms. The van der Waals surface area contributed by atoms with Crippen LogP contribution < -0.4 is 4.74 Å². The summed E-state index contributed by atoms with van der Waals surface area (Å²) in [5, 5.41) is 0.200. The number of rotatable bonds is 5. The van der Waals surface area contributed by atoms with Crippen LogP contribution in [0.3, 0.4) is 0 Å². The second-order valence-electron chi connectivity index (χ2n) is 6.00. The first-order valence-electron chi connectivity index (χ1n) is 8.00. The molecule has 1 heterocycles. The first kappa shape index (κ1) is 19.7. The second kappa shape index (κ2) is 7.51. The number of sulfone groups is 1. The van der Waals surface area contributed by atoms with E-state index in [-0.39, 0.29) is 39.3 Å². The Hall–Kier alpha value is -3.07. The normalized spacial score (nSPS) is 11.4. The highest BCUT2D eigenvalue weighted by atomic mass is 32.2. The predicted molar refractivity (Wildman–Crippen MR) is 97.0 cm³/mol. The summed E-state index contributed by atoms with van der Waals surface area (Å²) < 4.78 is 61.7. The lowest BCUT2D eigenvalue weighted by molar-refractivity contribution is -0.139. The van der Waals surface area contributed by atoms with Crippen LogP contribution in [0, 0.1) is 11.6 Å². The summed E-state index contributed by atoms with van der Waals surface area (Å²) in [6, 6.07) is 7.33. The summed E-state index contributed by atoms with van der Waals surface area (Å²) >= 11 is 0. The van der Waals surface area contributed by atoms with Crippen LogP contribution in [0.1, 0.15) is 5.56 Å². The van der Waals surface area contributed by atoms with E-state index in [0.29, 0.717) is 0 Å². The van der Waals surface area contributed by atoms with Crippen LogP contribution in [0.4, 0.5) is 8.78 Å². The number of hydrogen-bond acceptors (Lipinski definition) is 6. The molecule has 28 heavy (non-hydrogen) atoms. The first-order chi connectivity index (χ1) is 13.2. The van der Waals surface area contributed by atoms with E-state index in [9.17, 15) is 22.0 Å². The van der Waals surface area contributed by atoms with Crippen molar-refractivity contribution in [3.05, 3.63) is 59.8 Å². The maximum atomic E-state index is 14.7. The number of halogens is 2. The van der Waals surface area contributed by atoms with Gasteiger partial charge in [0, 0.05) is 34.9 Å². The minimum atomic E-state index is -3.43. The number of methoxy groups -OCH3 is 1. The Morgan fingerprint density at radius 3 is 2.46 bits per heavy atom. The van der Waals surface area contributed by atoms with E-state index in [1.165, 1.54) is 31.4 Å². The van der Waals surface area contributed by atoms with E-state index in [2.05, 4.69) is 9.72 Å². The van der Waals surface area contributed by atoms with E-state index in [1.807, 2.05) is 0 Å². The number of carbonyl (C=O) groups excluding carboxylic acids is 1. The molecule has 1 aromatic heterocycles. The average Bonchev–Trinajstić information content (AvgIpc) is 2.65. The fraction of sp³-hybridized carbons (Fsp3) is 0.158. The standard InChI is InChI=1S/C19H15F2NO5S/c1-26-18(23)8-11-7-16(15-9-12(20)3-5-14(15)19(11)21)27-17-6-4-13(10-22-17)28(2,24)25/h3-7,9-10H,8H2,1-2H3. The van der Waals surface area contributed by atoms with Gasteiger partial charge in [0.25, 0.3) is 0 Å². The number of esters is 1. The molecule has 0 saturated carbocycles. The molecule has 146 valence electrons. The molecule has 9 heteroatoms. The summed E-state index contributed by atoms with van der Waals surface area (Å²) in [6.45, 7) is 0. The fourth-order valence-corrected chi connectivity index (χ4v) is 3.14. The van der Waals surface area contributed by atoms with Crippen LogP contribution in [0.15, 0.2) is 47.5 Å². The summed E-state index contributed by atoms with van der Waals surface area (Å²) in [4.78, 5) is 15.5. The summed E-state index contributed by atoms with van der Waals surface area (Å²) in [7, 11) is -2.25. The van der Waals surface area contributed by atoms with Crippen molar-refractivity contribution in [3.8, 4) is 11.6 Å². The molecule has 0 aliphatic carbocycles. The van der Waals surface area contributed by atoms with Gasteiger partial charge in [-0.2, -0.15) is 0 Å². The maximum absolute atomic E-state index is 14.7. The van der Waals surface area contributed by atoms with Crippen molar-refractivity contribution >= 4 is 26.6 Å². The minimum Gasteiger partial charge on any atom is -0.469 e. The Morgan fingerprint density at radius 1 is 1.11 bits per heavy atom. The molecule has 0 unspecified atom stereocenters. The highest BCUT2D eigenvalue weighted by Gasteiger charge is 2.18. The van der Waals surface area contributed by atoms with Gasteiger partial charge in [0.15, 0.2) is 9.84 Å². The Labute approximate surface area is 159 Å². The summed E-state index contributed by atoms with van der Waals surface area (Å²) in [5.74, 6) is -1.85. The van der Waals surface area contributed by atoms with Crippen LogP contribution in [0.25, 0.3) is 10.8 Å². The van der Waals surface area contributed by atoms with Gasteiger partial charge in [-0.05, 0) is 30.3 Å². The van der Waals surface area contributed by atoms with Crippen molar-refractivity contribution < 1.29 is 31.5 Å². The highest BCUT2D eigenvalue weighted by Crippen LogP contribution is 2.34. The molecular formula is C19H15F2NO5S. The topological polar surface area (TPSA) is 82.6 Å². The van der Waals surface area contributed by atoms with E-state index in [4.69, 9.17) is 4.74 Å². The van der Waals surface area contributed by atoms with E-state index in [1.54, 1.807) is 0 Å². The molecule has 0 radical (unpaired) electrons. The van der Waals surface area contributed by atoms with Crippen LogP contribution in [-0.4, -0.2) is 32.7 Å². The molecule has 3 aromatic rings. The Balaban J connectivity index is 2.09. The van der Waals surface area contributed by atoms with Crippen molar-refractivity contribution in [2.45, 2.75) is 11.3 Å². The third-order valence-corrected chi connectivity index (χ3v) is 5.08. The Morgan fingerprint density at radius 2 is 1.86 bits per heavy atom. The van der Waals surface area contributed by atoms with Gasteiger partial charge in [-0.25, -0.2) is 22.2 Å². The molecule has 0 spiro atoms. The van der Waals surface area contributed by atoms with Crippen molar-refractivity contribution in [2.75, 3.05) is 13.4 Å². The SMILES string of the molecule is COC(=O)Cc1cc(Oc2ccc(S(C)(=O)=O)cn2)c2cc(F)ccc2c1F. The third-order valence-electron chi connectivity index (χ3n) is 3.99. The van der Waals surface area contributed by atoms with Gasteiger partial charge in [0.1, 0.15) is 17.4 Å². The number of hydrogen-bond donors (Lipinski definition) is 0. The molecular weight excluding hydrogens is 392 g/mol. The maximum Gasteiger partial charge on any atom is 0.310 e. The zero-order valence-corrected chi connectivity index (χ0v) is 15.7. The quantitative estimate of drug-likeness (QED) is 0.603. The van der Waals surface area contributed by atoms with Gasteiger partial charge in [-0.3, -0.25) is 4.79 Å². The van der Waals surface area contributed by atoms with E-state index < -0.39 is 27.4 Å². The Kier molecular flexibility index (Phi) is 5.28. The molecule has 0 aliphatic heterocycles. The molecule has 0 N–H and O–H groups in total. The van der Waals surface area contributed by atoms with Gasteiger partial charge in [-0.15, -0.1) is 0 Å². The predicted octanol–water partition coefficient (Wildman–Crippen LogP) is 3.42. The van der Waals surface area contributed by atoms with Crippen molar-refractivity contribution in [2.24, 2.45) is 0 Å². The van der Waals surface area contributed by atoms with Crippen molar-refractivity contribution in [1.29, 1.82) is 0 Å². The van der Waals surface area contributed by atoms with E-state index >= 15 is 0 Å². The number of benzene rings is 2. The number of pyridine rings is 1. The lowest BCUT2D eigenvalue weighted by atomic mass is 10.0. The van der Waals surface area contributed by atoms with Gasteiger partial charge < -0.3 is 9.47 Å². The smallest absolute Gasteiger partial charge is 0.310 e. The van der Waals surface area contributed by atoms with Gasteiger partial charge in [0.05, 0.1) is 18.4 Å². The highest BCUT2D eigenvalue weighted by molar-refractivity contribution is 7.90. The second-order valence-corrected chi connectivity index (χ2v) is 8.01. The molecule has 0 amide bonds. The zero-order chi connectivity index (χ0) is 20.5. The number of aromatic nitrogens is 1. The summed E-state index contributed by atoms with van der Waals surface area (Å²) in [5.41, 5.74) is 0.00807. The van der Waals surface area contributed by atoms with Crippen LogP contribution >= 0.6 is 0 Å². The van der Waals surface area contributed by atoms with Crippen molar-refractivity contribution in [1.82, 2.24) is 4.98 Å². The van der Waals surface area contributed by atoms with Crippen LogP contribution in [-0.2, 0) is 25.8 Å². The van der Waals surface area contributed by atoms with Gasteiger partial charge >= 0.3 is 5.97 Å². The minimum absolute atomic E-state index is 0.00115. The number of ether oxygens (including phenoxy) is 2. The van der Waals surface area contributed by atoms with E-state index in [0.717, 1.165) is 24.6 Å². The largest absolute Gasteiger partial charge is 0.469 e. The number of nitrogens with zero attached hydrogens (tertiary/aromatic N) is 1. The van der Waals surface area contributed by atoms with Crippen molar-refractivity contribution in [3.63, 3.8) is 0 Å². The average molecular weight is 407 g/mol. The number of carbonyl (C=O) groups is 1. The first-order valence-corrected chi connectivity index (χ1v) is 9.89. The van der Waals surface area contributed by atoms with Gasteiger partial charge in [0.2, 0.25) is 5.88 Å². The zero-order valence-electron chi connectivity index (χ0n) is 14.9. The lowest BCUT2D eigenvalue weighted by Gasteiger charge is -2.13. The molecule has 0 aliphatic rings. The Bertz CT molecular complexity index is 1160. The molecule has 0 atom stereocenters. The molecule has 2 aromatic carbocycles. The van der Waals surface area contributed by atoms with Crippen LogP contribution in [0.5, 0.6) is 11.6 Å². The molecule has 3 rings (SSSR count). The van der Waals surface area contributed by atoms with Crippen LogP contribution in [0.2, 0.25) is 0 Å². The number of fused-ring (bicyclic) bond motifs is 1. The molecule has 6 nitrogen and oxygen atoms in total. The molecule has 0 fully saturated rings. The fourth-order valence-electron chi connectivity index (χ4n) is 2.58.